The molecule has 0 radical (unpaired) electrons. The number of halogens is 4. The van der Waals surface area contributed by atoms with Gasteiger partial charge in [0.15, 0.2) is 23.1 Å². The zero-order chi connectivity index (χ0) is 15.6. The first-order chi connectivity index (χ1) is 9.95. The van der Waals surface area contributed by atoms with Crippen LogP contribution in [0.5, 0.6) is 5.75 Å². The van der Waals surface area contributed by atoms with Crippen LogP contribution < -0.4 is 16.0 Å². The van der Waals surface area contributed by atoms with Crippen molar-refractivity contribution in [1.29, 1.82) is 0 Å². The lowest BCUT2D eigenvalue weighted by Crippen LogP contribution is -2.30. The number of nitrogen functional groups attached to an aromatic ring is 1. The van der Waals surface area contributed by atoms with Gasteiger partial charge in [0.1, 0.15) is 6.61 Å². The van der Waals surface area contributed by atoms with Crippen LogP contribution in [0.15, 0.2) is 22.8 Å². The van der Waals surface area contributed by atoms with Crippen molar-refractivity contribution in [3.05, 3.63) is 53.0 Å². The summed E-state index contributed by atoms with van der Waals surface area (Å²) in [5, 5.41) is 0. The van der Waals surface area contributed by atoms with Gasteiger partial charge in [-0.15, -0.1) is 0 Å². The van der Waals surface area contributed by atoms with E-state index in [-0.39, 0.29) is 17.4 Å². The van der Waals surface area contributed by atoms with Gasteiger partial charge >= 0.3 is 0 Å². The minimum absolute atomic E-state index is 0.0461. The second-order valence-electron chi connectivity index (χ2n) is 3.82. The van der Waals surface area contributed by atoms with Gasteiger partial charge in [0.25, 0.3) is 5.91 Å². The number of amides is 1. The molecular formula is C12H8F4N2O3. The second kappa shape index (κ2) is 5.83. The molecule has 21 heavy (non-hydrogen) atoms. The zero-order valence-electron chi connectivity index (χ0n) is 10.3. The van der Waals surface area contributed by atoms with Crippen molar-refractivity contribution in [2.24, 2.45) is 5.84 Å². The summed E-state index contributed by atoms with van der Waals surface area (Å²) in [6, 6.07) is 1.29. The molecule has 0 bridgehead atoms. The van der Waals surface area contributed by atoms with E-state index in [2.05, 4.69) is 4.74 Å². The summed E-state index contributed by atoms with van der Waals surface area (Å²) in [7, 11) is 0. The summed E-state index contributed by atoms with van der Waals surface area (Å²) in [6.45, 7) is -0.632. The Morgan fingerprint density at radius 2 is 1.86 bits per heavy atom. The summed E-state index contributed by atoms with van der Waals surface area (Å²) >= 11 is 0. The first-order valence-electron chi connectivity index (χ1n) is 5.48. The third kappa shape index (κ3) is 2.82. The fourth-order valence-corrected chi connectivity index (χ4v) is 1.55. The van der Waals surface area contributed by atoms with E-state index >= 15 is 0 Å². The molecule has 1 heterocycles. The number of carbonyl (C=O) groups is 1. The minimum Gasteiger partial charge on any atom is -0.479 e. The summed E-state index contributed by atoms with van der Waals surface area (Å²) in [5.74, 6) is -3.77. The lowest BCUT2D eigenvalue weighted by Gasteiger charge is -2.09. The fourth-order valence-electron chi connectivity index (χ4n) is 1.55. The molecular weight excluding hydrogens is 296 g/mol. The van der Waals surface area contributed by atoms with E-state index in [4.69, 9.17) is 10.3 Å². The predicted octanol–water partition coefficient (Wildman–Crippen LogP) is 2.02. The number of carbonyl (C=O) groups excluding carboxylic acids is 1. The monoisotopic (exact) mass is 304 g/mol. The SMILES string of the molecule is NNC(=O)c1ccoc1COc1c(F)c(F)cc(F)c1F. The van der Waals surface area contributed by atoms with Crippen molar-refractivity contribution in [3.63, 3.8) is 0 Å². The van der Waals surface area contributed by atoms with E-state index in [0.29, 0.717) is 0 Å². The summed E-state index contributed by atoms with van der Waals surface area (Å²) in [5.41, 5.74) is 1.78. The number of hydrogen-bond acceptors (Lipinski definition) is 4. The molecule has 1 aromatic heterocycles. The number of ether oxygens (including phenoxy) is 1. The molecule has 1 amide bonds. The highest BCUT2D eigenvalue weighted by Gasteiger charge is 2.22. The van der Waals surface area contributed by atoms with Gasteiger partial charge in [0, 0.05) is 6.07 Å². The normalized spacial score (nSPS) is 10.5. The van der Waals surface area contributed by atoms with Gasteiger partial charge in [-0.05, 0) is 6.07 Å². The number of furan rings is 1. The molecule has 9 heteroatoms. The third-order valence-electron chi connectivity index (χ3n) is 2.54. The van der Waals surface area contributed by atoms with Gasteiger partial charge in [-0.1, -0.05) is 0 Å². The minimum atomic E-state index is -1.69. The fraction of sp³-hybridized carbons (Fsp3) is 0.0833. The third-order valence-corrected chi connectivity index (χ3v) is 2.54. The average Bonchev–Trinajstić information content (AvgIpc) is 2.93. The van der Waals surface area contributed by atoms with Crippen molar-refractivity contribution in [2.75, 3.05) is 0 Å². The highest BCUT2D eigenvalue weighted by Crippen LogP contribution is 2.27. The van der Waals surface area contributed by atoms with E-state index in [1.807, 2.05) is 5.43 Å². The lowest BCUT2D eigenvalue weighted by molar-refractivity contribution is 0.0949. The molecule has 112 valence electrons. The average molecular weight is 304 g/mol. The van der Waals surface area contributed by atoms with Crippen LogP contribution in [0.2, 0.25) is 0 Å². The molecule has 0 aliphatic carbocycles. The zero-order valence-corrected chi connectivity index (χ0v) is 10.3. The number of hydrazine groups is 1. The Balaban J connectivity index is 2.26. The van der Waals surface area contributed by atoms with E-state index in [9.17, 15) is 22.4 Å². The first kappa shape index (κ1) is 14.9. The van der Waals surface area contributed by atoms with E-state index in [0.717, 1.165) is 6.26 Å². The van der Waals surface area contributed by atoms with Crippen molar-refractivity contribution in [3.8, 4) is 5.75 Å². The van der Waals surface area contributed by atoms with Gasteiger partial charge in [-0.2, -0.15) is 8.78 Å². The van der Waals surface area contributed by atoms with Gasteiger partial charge in [0.2, 0.25) is 11.6 Å². The first-order valence-corrected chi connectivity index (χ1v) is 5.48. The Labute approximate surface area is 115 Å². The maximum Gasteiger partial charge on any atom is 0.268 e. The molecule has 0 saturated heterocycles. The maximum absolute atomic E-state index is 13.4. The van der Waals surface area contributed by atoms with Gasteiger partial charge in [0.05, 0.1) is 11.8 Å². The quantitative estimate of drug-likeness (QED) is 0.298. The number of nitrogens with two attached hydrogens (primary N) is 1. The Bertz CT molecular complexity index is 661. The highest BCUT2D eigenvalue weighted by atomic mass is 19.2. The van der Waals surface area contributed by atoms with Crippen molar-refractivity contribution in [2.45, 2.75) is 6.61 Å². The summed E-state index contributed by atoms with van der Waals surface area (Å²) in [6.07, 6.45) is 1.11. The maximum atomic E-state index is 13.4. The Hall–Kier alpha value is -2.55. The number of hydrogen-bond donors (Lipinski definition) is 2. The van der Waals surface area contributed by atoms with E-state index in [1.165, 1.54) is 6.07 Å². The second-order valence-corrected chi connectivity index (χ2v) is 3.82. The van der Waals surface area contributed by atoms with Crippen LogP contribution in [0.1, 0.15) is 16.1 Å². The molecule has 3 N–H and O–H groups in total. The van der Waals surface area contributed by atoms with Crippen LogP contribution in [0.3, 0.4) is 0 Å². The number of benzene rings is 1. The van der Waals surface area contributed by atoms with Gasteiger partial charge < -0.3 is 9.15 Å². The van der Waals surface area contributed by atoms with Crippen LogP contribution in [-0.2, 0) is 6.61 Å². The molecule has 0 atom stereocenters. The molecule has 0 spiro atoms. The van der Waals surface area contributed by atoms with E-state index < -0.39 is 41.5 Å². The smallest absolute Gasteiger partial charge is 0.268 e. The Kier molecular flexibility index (Phi) is 4.13. The van der Waals surface area contributed by atoms with Crippen LogP contribution in [-0.4, -0.2) is 5.91 Å². The molecule has 2 aromatic rings. The van der Waals surface area contributed by atoms with Crippen LogP contribution in [0, 0.1) is 23.3 Å². The van der Waals surface area contributed by atoms with Gasteiger partial charge in [-0.3, -0.25) is 10.2 Å². The lowest BCUT2D eigenvalue weighted by atomic mass is 10.2. The molecule has 2 rings (SSSR count). The molecule has 1 aromatic carbocycles. The standard InChI is InChI=1S/C12H8F4N2O3/c13-6-3-7(14)10(16)11(9(6)15)21-4-8-5(1-2-20-8)12(19)18-17/h1-3H,4,17H2,(H,18,19). The van der Waals surface area contributed by atoms with Crippen molar-refractivity contribution in [1.82, 2.24) is 5.43 Å². The summed E-state index contributed by atoms with van der Waals surface area (Å²) < 4.78 is 62.2. The molecule has 0 fully saturated rings. The number of nitrogens with one attached hydrogen (secondary N) is 1. The molecule has 0 aliphatic rings. The van der Waals surface area contributed by atoms with Crippen molar-refractivity contribution >= 4 is 5.91 Å². The largest absolute Gasteiger partial charge is 0.479 e. The van der Waals surface area contributed by atoms with Crippen LogP contribution in [0.25, 0.3) is 0 Å². The topological polar surface area (TPSA) is 77.5 Å². The molecule has 0 aliphatic heterocycles. The van der Waals surface area contributed by atoms with Crippen LogP contribution in [0.4, 0.5) is 17.6 Å². The van der Waals surface area contributed by atoms with Crippen LogP contribution >= 0.6 is 0 Å². The molecule has 0 unspecified atom stereocenters. The Morgan fingerprint density at radius 3 is 2.43 bits per heavy atom. The number of rotatable bonds is 4. The predicted molar refractivity (Wildman–Crippen MR) is 61.0 cm³/mol. The molecule has 0 saturated carbocycles. The van der Waals surface area contributed by atoms with E-state index in [1.54, 1.807) is 0 Å². The summed E-state index contributed by atoms with van der Waals surface area (Å²) in [4.78, 5) is 11.3. The van der Waals surface area contributed by atoms with Gasteiger partial charge in [-0.25, -0.2) is 14.6 Å². The molecule has 5 nitrogen and oxygen atoms in total. The Morgan fingerprint density at radius 1 is 1.24 bits per heavy atom. The highest BCUT2D eigenvalue weighted by molar-refractivity contribution is 5.94. The van der Waals surface area contributed by atoms with Crippen molar-refractivity contribution < 1.29 is 31.5 Å².